The zero-order chi connectivity index (χ0) is 19.5. The molecule has 2 aromatic carbocycles. The molecule has 2 aromatic rings. The Morgan fingerprint density at radius 3 is 1.34 bits per heavy atom. The summed E-state index contributed by atoms with van der Waals surface area (Å²) >= 11 is 0. The first-order chi connectivity index (χ1) is 13.0. The van der Waals surface area contributed by atoms with Crippen LogP contribution in [0.2, 0.25) is 0 Å². The van der Waals surface area contributed by atoms with Crippen molar-refractivity contribution in [2.45, 2.75) is 39.5 Å². The SMILES string of the molecule is CCCCOc1ccc(OP(=O)([O-])Oc2ccc(OCCCC)cc2)cc1.[Cl-].[Mg+2]. The molecule has 0 aliphatic rings. The Labute approximate surface area is 195 Å². The normalized spacial score (nSPS) is 10.3. The topological polar surface area (TPSA) is 77.1 Å². The van der Waals surface area contributed by atoms with Crippen LogP contribution in [0.3, 0.4) is 0 Å². The Morgan fingerprint density at radius 1 is 0.724 bits per heavy atom. The van der Waals surface area contributed by atoms with E-state index in [1.807, 2.05) is 0 Å². The van der Waals surface area contributed by atoms with Crippen LogP contribution < -0.4 is 35.8 Å². The minimum atomic E-state index is -4.55. The number of unbranched alkanes of at least 4 members (excludes halogenated alkanes) is 2. The molecule has 0 N–H and O–H groups in total. The van der Waals surface area contributed by atoms with E-state index >= 15 is 0 Å². The minimum Gasteiger partial charge on any atom is -1.00 e. The van der Waals surface area contributed by atoms with Crippen LogP contribution in [0.4, 0.5) is 0 Å². The van der Waals surface area contributed by atoms with Crippen LogP contribution in [-0.2, 0) is 4.57 Å². The van der Waals surface area contributed by atoms with Gasteiger partial charge in [0.1, 0.15) is 23.0 Å². The molecule has 2 rings (SSSR count). The average molecular weight is 453 g/mol. The molecule has 0 radical (unpaired) electrons. The van der Waals surface area contributed by atoms with Gasteiger partial charge in [-0.25, -0.2) is 4.57 Å². The summed E-state index contributed by atoms with van der Waals surface area (Å²) in [5, 5.41) is 0. The van der Waals surface area contributed by atoms with E-state index in [9.17, 15) is 9.46 Å². The fraction of sp³-hybridized carbons (Fsp3) is 0.400. The third kappa shape index (κ3) is 11.0. The predicted molar refractivity (Wildman–Crippen MR) is 108 cm³/mol. The molecule has 29 heavy (non-hydrogen) atoms. The predicted octanol–water partition coefficient (Wildman–Crippen LogP) is 1.59. The summed E-state index contributed by atoms with van der Waals surface area (Å²) in [5.41, 5.74) is 0. The van der Waals surface area contributed by atoms with Gasteiger partial charge < -0.3 is 35.8 Å². The first kappa shape index (κ1) is 27.9. The molecule has 0 heterocycles. The maximum Gasteiger partial charge on any atom is 2.00 e. The molecular weight excluding hydrogens is 427 g/mol. The molecule has 0 unspecified atom stereocenters. The van der Waals surface area contributed by atoms with Crippen molar-refractivity contribution < 1.29 is 40.4 Å². The van der Waals surface area contributed by atoms with E-state index in [0.29, 0.717) is 24.7 Å². The van der Waals surface area contributed by atoms with Crippen LogP contribution in [0.15, 0.2) is 48.5 Å². The van der Waals surface area contributed by atoms with Crippen LogP contribution in [0.25, 0.3) is 0 Å². The summed E-state index contributed by atoms with van der Waals surface area (Å²) in [6, 6.07) is 12.8. The van der Waals surface area contributed by atoms with Crippen LogP contribution in [0.5, 0.6) is 23.0 Å². The van der Waals surface area contributed by atoms with E-state index in [2.05, 4.69) is 13.8 Å². The number of halogens is 1. The second kappa shape index (κ2) is 14.8. The van der Waals surface area contributed by atoms with E-state index in [1.165, 1.54) is 24.3 Å². The number of benzene rings is 2. The van der Waals surface area contributed by atoms with Gasteiger partial charge in [0.05, 0.1) is 13.2 Å². The molecule has 0 amide bonds. The molecule has 0 aromatic heterocycles. The quantitative estimate of drug-likeness (QED) is 0.276. The van der Waals surface area contributed by atoms with Crippen molar-refractivity contribution in [1.82, 2.24) is 0 Å². The van der Waals surface area contributed by atoms with Gasteiger partial charge in [-0.2, -0.15) is 0 Å². The van der Waals surface area contributed by atoms with Gasteiger partial charge in [0.25, 0.3) is 0 Å². The molecule has 9 heteroatoms. The van der Waals surface area contributed by atoms with Gasteiger partial charge in [0.2, 0.25) is 0 Å². The number of phosphoric acid groups is 1. The Hall–Kier alpha value is -1.11. The number of rotatable bonds is 12. The second-order valence-corrected chi connectivity index (χ2v) is 7.24. The Balaban J connectivity index is 0.00000392. The third-order valence-electron chi connectivity index (χ3n) is 3.62. The molecule has 0 saturated carbocycles. The van der Waals surface area contributed by atoms with Crippen molar-refractivity contribution in [1.29, 1.82) is 0 Å². The summed E-state index contributed by atoms with van der Waals surface area (Å²) < 4.78 is 33.1. The molecule has 0 aliphatic carbocycles. The summed E-state index contributed by atoms with van der Waals surface area (Å²) in [7, 11) is -4.55. The first-order valence-corrected chi connectivity index (χ1v) is 10.6. The molecule has 156 valence electrons. The summed E-state index contributed by atoms with van der Waals surface area (Å²) in [6.07, 6.45) is 4.02. The summed E-state index contributed by atoms with van der Waals surface area (Å²) in [6.45, 7) is 5.41. The van der Waals surface area contributed by atoms with E-state index in [4.69, 9.17) is 18.5 Å². The second-order valence-electron chi connectivity index (χ2n) is 5.98. The Bertz CT molecular complexity index is 667. The van der Waals surface area contributed by atoms with Gasteiger partial charge in [0, 0.05) is 0 Å². The van der Waals surface area contributed by atoms with Crippen molar-refractivity contribution in [2.75, 3.05) is 13.2 Å². The number of ether oxygens (including phenoxy) is 2. The fourth-order valence-corrected chi connectivity index (χ4v) is 2.94. The number of hydrogen-bond acceptors (Lipinski definition) is 6. The van der Waals surface area contributed by atoms with E-state index < -0.39 is 7.82 Å². The van der Waals surface area contributed by atoms with Gasteiger partial charge >= 0.3 is 30.9 Å². The Morgan fingerprint density at radius 2 is 1.03 bits per heavy atom. The number of phosphoric ester groups is 1. The van der Waals surface area contributed by atoms with Crippen molar-refractivity contribution in [3.05, 3.63) is 48.5 Å². The van der Waals surface area contributed by atoms with Crippen LogP contribution in [0, 0.1) is 0 Å². The molecular formula is C20H26ClMgO6P. The van der Waals surface area contributed by atoms with Crippen LogP contribution in [-0.4, -0.2) is 36.3 Å². The average Bonchev–Trinajstić information content (AvgIpc) is 2.64. The van der Waals surface area contributed by atoms with Crippen LogP contribution in [0.1, 0.15) is 39.5 Å². The van der Waals surface area contributed by atoms with E-state index in [0.717, 1.165) is 25.7 Å². The Kier molecular flexibility index (Phi) is 14.2. The van der Waals surface area contributed by atoms with E-state index in [-0.39, 0.29) is 47.0 Å². The smallest absolute Gasteiger partial charge is 1.00 e. The molecule has 0 atom stereocenters. The van der Waals surface area contributed by atoms with Gasteiger partial charge in [-0.3, -0.25) is 0 Å². The molecule has 0 spiro atoms. The molecule has 0 bridgehead atoms. The fourth-order valence-electron chi connectivity index (χ4n) is 2.14. The maximum absolute atomic E-state index is 12.1. The van der Waals surface area contributed by atoms with Crippen LogP contribution >= 0.6 is 7.82 Å². The first-order valence-electron chi connectivity index (χ1n) is 9.18. The van der Waals surface area contributed by atoms with Crippen molar-refractivity contribution in [3.63, 3.8) is 0 Å². The summed E-state index contributed by atoms with van der Waals surface area (Å²) in [5.74, 6) is 1.65. The standard InChI is InChI=1S/C20H27O6P.ClH.Mg/c1-3-5-15-23-17-7-11-19(12-8-17)25-27(21,22)26-20-13-9-18(10-14-20)24-16-6-4-2;;/h7-14H,3-6,15-16H2,1-2H3,(H,21,22);1H;/q;;+2/p-2. The minimum absolute atomic E-state index is 0. The van der Waals surface area contributed by atoms with Crippen molar-refractivity contribution >= 4 is 30.9 Å². The molecule has 6 nitrogen and oxygen atoms in total. The number of hydrogen-bond donors (Lipinski definition) is 0. The summed E-state index contributed by atoms with van der Waals surface area (Å²) in [4.78, 5) is 12.1. The van der Waals surface area contributed by atoms with Crippen molar-refractivity contribution in [2.24, 2.45) is 0 Å². The molecule has 0 saturated heterocycles. The van der Waals surface area contributed by atoms with Gasteiger partial charge in [-0.15, -0.1) is 0 Å². The van der Waals surface area contributed by atoms with Crippen molar-refractivity contribution in [3.8, 4) is 23.0 Å². The third-order valence-corrected chi connectivity index (χ3v) is 4.48. The van der Waals surface area contributed by atoms with E-state index in [1.54, 1.807) is 24.3 Å². The molecule has 0 aliphatic heterocycles. The zero-order valence-electron chi connectivity index (χ0n) is 16.8. The van der Waals surface area contributed by atoms with Gasteiger partial charge in [-0.1, -0.05) is 26.7 Å². The maximum atomic E-state index is 12.1. The van der Waals surface area contributed by atoms with Gasteiger partial charge in [0.15, 0.2) is 0 Å². The largest absolute Gasteiger partial charge is 2.00 e. The monoisotopic (exact) mass is 452 g/mol. The zero-order valence-corrected chi connectivity index (χ0v) is 19.9. The molecule has 0 fully saturated rings. The van der Waals surface area contributed by atoms with Gasteiger partial charge in [-0.05, 0) is 61.4 Å².